The number of urea groups is 1. The molecule has 0 fully saturated rings. The molecule has 1 aromatic heterocycles. The third kappa shape index (κ3) is 3.83. The van der Waals surface area contributed by atoms with Crippen LogP contribution in [0.5, 0.6) is 0 Å². The van der Waals surface area contributed by atoms with Gasteiger partial charge in [-0.2, -0.15) is 0 Å². The quantitative estimate of drug-likeness (QED) is 0.636. The predicted molar refractivity (Wildman–Crippen MR) is 101 cm³/mol. The van der Waals surface area contributed by atoms with Gasteiger partial charge in [-0.15, -0.1) is 11.3 Å². The van der Waals surface area contributed by atoms with Crippen molar-refractivity contribution in [2.75, 3.05) is 5.32 Å². The number of anilines is 1. The fourth-order valence-corrected chi connectivity index (χ4v) is 3.63. The highest BCUT2D eigenvalue weighted by Gasteiger charge is 2.30. The summed E-state index contributed by atoms with van der Waals surface area (Å²) >= 11 is 1.49. The number of hydrogen-bond donors (Lipinski definition) is 2. The lowest BCUT2D eigenvalue weighted by molar-refractivity contribution is 0.0183. The first-order chi connectivity index (χ1) is 12.2. The highest BCUT2D eigenvalue weighted by atomic mass is 32.1. The van der Waals surface area contributed by atoms with Gasteiger partial charge >= 0.3 is 6.03 Å². The van der Waals surface area contributed by atoms with Gasteiger partial charge in [-0.1, -0.05) is 30.3 Å². The number of para-hydroxylation sites is 2. The molecule has 0 bridgehead atoms. The highest BCUT2D eigenvalue weighted by Crippen LogP contribution is 2.33. The van der Waals surface area contributed by atoms with Crippen LogP contribution >= 0.6 is 11.3 Å². The molecule has 0 aliphatic carbocycles. The summed E-state index contributed by atoms with van der Waals surface area (Å²) in [6, 6.07) is 13.0. The second kappa shape index (κ2) is 6.64. The summed E-state index contributed by atoms with van der Waals surface area (Å²) in [6.07, 6.45) is 0. The third-order valence-electron chi connectivity index (χ3n) is 3.90. The molecule has 0 spiro atoms. The van der Waals surface area contributed by atoms with E-state index < -0.39 is 17.5 Å². The number of amides is 2. The fourth-order valence-electron chi connectivity index (χ4n) is 2.61. The lowest BCUT2D eigenvalue weighted by atomic mass is 10.1. The molecule has 26 heavy (non-hydrogen) atoms. The summed E-state index contributed by atoms with van der Waals surface area (Å²) in [5.41, 5.74) is -0.0402. The lowest BCUT2D eigenvalue weighted by Crippen LogP contribution is -2.43. The number of alkyl halides is 2. The molecule has 0 aliphatic rings. The average molecular weight is 375 g/mol. The van der Waals surface area contributed by atoms with Crippen molar-refractivity contribution in [1.82, 2.24) is 10.3 Å². The van der Waals surface area contributed by atoms with E-state index in [0.717, 1.165) is 22.1 Å². The Balaban J connectivity index is 1.79. The number of thiazole rings is 1. The van der Waals surface area contributed by atoms with Crippen LogP contribution in [-0.4, -0.2) is 11.0 Å². The number of hydrogen-bond acceptors (Lipinski definition) is 3. The SMILES string of the molecule is CC(F)(F)c1ccccc1NC(=O)NC(C)(C)c1nc2ccccc2s1. The van der Waals surface area contributed by atoms with Gasteiger partial charge < -0.3 is 10.6 Å². The maximum Gasteiger partial charge on any atom is 0.320 e. The molecule has 7 heteroatoms. The molecule has 0 unspecified atom stereocenters. The van der Waals surface area contributed by atoms with Gasteiger partial charge in [0.05, 0.1) is 21.4 Å². The second-order valence-electron chi connectivity index (χ2n) is 6.62. The highest BCUT2D eigenvalue weighted by molar-refractivity contribution is 7.18. The minimum atomic E-state index is -3.05. The maximum absolute atomic E-state index is 13.7. The van der Waals surface area contributed by atoms with E-state index >= 15 is 0 Å². The summed E-state index contributed by atoms with van der Waals surface area (Å²) in [5.74, 6) is -3.05. The molecular formula is C19H19F2N3OS. The normalized spacial score (nSPS) is 12.2. The van der Waals surface area contributed by atoms with Gasteiger partial charge in [0.15, 0.2) is 0 Å². The van der Waals surface area contributed by atoms with Crippen LogP contribution in [0.3, 0.4) is 0 Å². The number of benzene rings is 2. The van der Waals surface area contributed by atoms with Crippen LogP contribution in [0.15, 0.2) is 48.5 Å². The summed E-state index contributed by atoms with van der Waals surface area (Å²) in [5, 5.41) is 6.08. The van der Waals surface area contributed by atoms with E-state index in [-0.39, 0.29) is 11.3 Å². The van der Waals surface area contributed by atoms with Crippen LogP contribution < -0.4 is 10.6 Å². The van der Waals surface area contributed by atoms with Crippen LogP contribution in [0.2, 0.25) is 0 Å². The summed E-state index contributed by atoms with van der Waals surface area (Å²) < 4.78 is 28.4. The number of fused-ring (bicyclic) bond motifs is 1. The van der Waals surface area contributed by atoms with E-state index in [9.17, 15) is 13.6 Å². The molecule has 0 saturated heterocycles. The van der Waals surface area contributed by atoms with Gasteiger partial charge in [-0.05, 0) is 32.0 Å². The van der Waals surface area contributed by atoms with E-state index in [1.807, 2.05) is 38.1 Å². The number of carbonyl (C=O) groups excluding carboxylic acids is 1. The van der Waals surface area contributed by atoms with Crippen molar-refractivity contribution in [3.05, 3.63) is 59.1 Å². The summed E-state index contributed by atoms with van der Waals surface area (Å²) in [7, 11) is 0. The average Bonchev–Trinajstić information content (AvgIpc) is 2.99. The molecule has 2 N–H and O–H groups in total. The second-order valence-corrected chi connectivity index (χ2v) is 7.66. The fraction of sp³-hybridized carbons (Fsp3) is 0.263. The maximum atomic E-state index is 13.7. The van der Waals surface area contributed by atoms with Crippen molar-refractivity contribution in [2.24, 2.45) is 0 Å². The van der Waals surface area contributed by atoms with Gasteiger partial charge in [-0.3, -0.25) is 0 Å². The first-order valence-electron chi connectivity index (χ1n) is 8.09. The molecule has 0 radical (unpaired) electrons. The Hall–Kier alpha value is -2.54. The van der Waals surface area contributed by atoms with Crippen molar-refractivity contribution in [3.8, 4) is 0 Å². The number of rotatable bonds is 4. The first kappa shape index (κ1) is 18.3. The van der Waals surface area contributed by atoms with E-state index in [1.54, 1.807) is 6.07 Å². The smallest absolute Gasteiger partial charge is 0.320 e. The lowest BCUT2D eigenvalue weighted by Gasteiger charge is -2.24. The van der Waals surface area contributed by atoms with Gasteiger partial charge in [0.25, 0.3) is 5.92 Å². The van der Waals surface area contributed by atoms with E-state index in [2.05, 4.69) is 15.6 Å². The molecule has 2 amide bonds. The van der Waals surface area contributed by atoms with Crippen LogP contribution in [0.1, 0.15) is 31.3 Å². The minimum Gasteiger partial charge on any atom is -0.326 e. The third-order valence-corrected chi connectivity index (χ3v) is 5.26. The Morgan fingerprint density at radius 2 is 1.69 bits per heavy atom. The zero-order chi connectivity index (χ0) is 18.9. The molecule has 0 atom stereocenters. The predicted octanol–water partition coefficient (Wildman–Crippen LogP) is 5.46. The van der Waals surface area contributed by atoms with Crippen LogP contribution in [0.4, 0.5) is 19.3 Å². The molecular weight excluding hydrogens is 356 g/mol. The molecule has 4 nitrogen and oxygen atoms in total. The zero-order valence-electron chi connectivity index (χ0n) is 14.6. The number of nitrogens with one attached hydrogen (secondary N) is 2. The number of aromatic nitrogens is 1. The summed E-state index contributed by atoms with van der Waals surface area (Å²) in [6.45, 7) is 4.45. The first-order valence-corrected chi connectivity index (χ1v) is 8.91. The minimum absolute atomic E-state index is 0.0811. The Bertz CT molecular complexity index is 914. The van der Waals surface area contributed by atoms with Crippen molar-refractivity contribution >= 4 is 33.3 Å². The standard InChI is InChI=1S/C19H19F2N3OS/c1-18(2,16-22-14-10-6-7-11-15(14)26-16)24-17(25)23-13-9-5-4-8-12(13)19(3,20)21/h4-11H,1-3H3,(H2,23,24,25). The van der Waals surface area contributed by atoms with Crippen molar-refractivity contribution in [2.45, 2.75) is 32.2 Å². The van der Waals surface area contributed by atoms with Gasteiger partial charge in [0, 0.05) is 12.5 Å². The Labute approximate surface area is 154 Å². The Morgan fingerprint density at radius 1 is 1.04 bits per heavy atom. The van der Waals surface area contributed by atoms with Crippen LogP contribution in [0.25, 0.3) is 10.2 Å². The zero-order valence-corrected chi connectivity index (χ0v) is 15.5. The number of halogens is 2. The Kier molecular flexibility index (Phi) is 4.66. The molecule has 0 saturated carbocycles. The van der Waals surface area contributed by atoms with Crippen molar-refractivity contribution in [3.63, 3.8) is 0 Å². The molecule has 136 valence electrons. The van der Waals surface area contributed by atoms with E-state index in [1.165, 1.54) is 29.5 Å². The van der Waals surface area contributed by atoms with Crippen LogP contribution in [-0.2, 0) is 11.5 Å². The van der Waals surface area contributed by atoms with Gasteiger partial charge in [0.2, 0.25) is 0 Å². The molecule has 0 aliphatic heterocycles. The monoisotopic (exact) mass is 375 g/mol. The Morgan fingerprint density at radius 3 is 2.38 bits per heavy atom. The number of nitrogens with zero attached hydrogens (tertiary/aromatic N) is 1. The van der Waals surface area contributed by atoms with Crippen LogP contribution in [0, 0.1) is 0 Å². The molecule has 3 rings (SSSR count). The number of carbonyl (C=O) groups is 1. The topological polar surface area (TPSA) is 54.0 Å². The largest absolute Gasteiger partial charge is 0.326 e. The molecule has 3 aromatic rings. The molecule has 2 aromatic carbocycles. The summed E-state index contributed by atoms with van der Waals surface area (Å²) in [4.78, 5) is 17.0. The molecule has 1 heterocycles. The van der Waals surface area contributed by atoms with E-state index in [4.69, 9.17) is 0 Å². The van der Waals surface area contributed by atoms with E-state index in [0.29, 0.717) is 0 Å². The van der Waals surface area contributed by atoms with Gasteiger partial charge in [-0.25, -0.2) is 18.6 Å². The van der Waals surface area contributed by atoms with Gasteiger partial charge in [0.1, 0.15) is 5.01 Å². The van der Waals surface area contributed by atoms with Crippen molar-refractivity contribution < 1.29 is 13.6 Å². The van der Waals surface area contributed by atoms with Crippen molar-refractivity contribution in [1.29, 1.82) is 0 Å².